The first-order chi connectivity index (χ1) is 10.6. The standard InChI is InChI=1S/C19H17NO2/c1-12(2)20-17-9-5-8-15-16(17)10-13-6-3-4-7-14(13)19(15)18(22)11-21/h3-12,20H,1-2H3. The predicted molar refractivity (Wildman–Crippen MR) is 90.6 cm³/mol. The van der Waals surface area contributed by atoms with Gasteiger partial charge >= 0.3 is 0 Å². The third-order valence-corrected chi connectivity index (χ3v) is 3.70. The maximum absolute atomic E-state index is 12.2. The van der Waals surface area contributed by atoms with Crippen LogP contribution in [-0.4, -0.2) is 18.1 Å². The fourth-order valence-electron chi connectivity index (χ4n) is 2.85. The van der Waals surface area contributed by atoms with Crippen molar-refractivity contribution in [3.05, 3.63) is 54.1 Å². The number of aldehydes is 1. The lowest BCUT2D eigenvalue weighted by Crippen LogP contribution is -2.10. The van der Waals surface area contributed by atoms with E-state index in [0.29, 0.717) is 11.8 Å². The molecule has 0 aliphatic carbocycles. The topological polar surface area (TPSA) is 46.2 Å². The van der Waals surface area contributed by atoms with Crippen LogP contribution in [0, 0.1) is 0 Å². The first-order valence-electron chi connectivity index (χ1n) is 7.32. The molecule has 110 valence electrons. The zero-order valence-electron chi connectivity index (χ0n) is 12.6. The van der Waals surface area contributed by atoms with Crippen molar-refractivity contribution in [2.24, 2.45) is 0 Å². The van der Waals surface area contributed by atoms with E-state index in [9.17, 15) is 9.59 Å². The molecule has 3 aromatic rings. The lowest BCUT2D eigenvalue weighted by atomic mass is 9.93. The molecule has 0 aliphatic rings. The predicted octanol–water partition coefficient (Wildman–Crippen LogP) is 4.19. The van der Waals surface area contributed by atoms with Crippen LogP contribution >= 0.6 is 0 Å². The van der Waals surface area contributed by atoms with Crippen LogP contribution in [-0.2, 0) is 4.79 Å². The van der Waals surface area contributed by atoms with E-state index in [2.05, 4.69) is 25.2 Å². The first-order valence-corrected chi connectivity index (χ1v) is 7.32. The SMILES string of the molecule is CC(C)Nc1cccc2c(C(=O)C=O)c3ccccc3cc12. The van der Waals surface area contributed by atoms with Gasteiger partial charge in [0.25, 0.3) is 0 Å². The first kappa shape index (κ1) is 14.3. The number of ketones is 1. The molecule has 0 aromatic heterocycles. The molecule has 0 fully saturated rings. The zero-order chi connectivity index (χ0) is 15.7. The van der Waals surface area contributed by atoms with Crippen LogP contribution in [0.4, 0.5) is 5.69 Å². The van der Waals surface area contributed by atoms with E-state index in [4.69, 9.17) is 0 Å². The highest BCUT2D eigenvalue weighted by Crippen LogP contribution is 2.33. The van der Waals surface area contributed by atoms with Crippen LogP contribution < -0.4 is 5.32 Å². The fourth-order valence-corrected chi connectivity index (χ4v) is 2.85. The second-order valence-corrected chi connectivity index (χ2v) is 5.65. The molecule has 0 aliphatic heterocycles. The summed E-state index contributed by atoms with van der Waals surface area (Å²) < 4.78 is 0. The van der Waals surface area contributed by atoms with Crippen LogP contribution in [0.15, 0.2) is 48.5 Å². The van der Waals surface area contributed by atoms with Gasteiger partial charge in [-0.25, -0.2) is 0 Å². The zero-order valence-corrected chi connectivity index (χ0v) is 12.6. The van der Waals surface area contributed by atoms with E-state index < -0.39 is 5.78 Å². The Balaban J connectivity index is 2.45. The van der Waals surface area contributed by atoms with Crippen molar-refractivity contribution in [3.63, 3.8) is 0 Å². The van der Waals surface area contributed by atoms with Gasteiger partial charge in [-0.3, -0.25) is 9.59 Å². The van der Waals surface area contributed by atoms with E-state index in [1.807, 2.05) is 42.5 Å². The van der Waals surface area contributed by atoms with E-state index >= 15 is 0 Å². The molecule has 0 unspecified atom stereocenters. The average Bonchev–Trinajstić information content (AvgIpc) is 2.52. The summed E-state index contributed by atoms with van der Waals surface area (Å²) in [6.45, 7) is 4.13. The number of anilines is 1. The minimum absolute atomic E-state index is 0.280. The molecule has 0 saturated heterocycles. The number of carbonyl (C=O) groups is 2. The Hall–Kier alpha value is -2.68. The smallest absolute Gasteiger partial charge is 0.226 e. The molecule has 3 rings (SSSR count). The molecular weight excluding hydrogens is 274 g/mol. The van der Waals surface area contributed by atoms with Crippen molar-refractivity contribution >= 4 is 39.3 Å². The fraction of sp³-hybridized carbons (Fsp3) is 0.158. The molecule has 3 heteroatoms. The van der Waals surface area contributed by atoms with Gasteiger partial charge in [-0.05, 0) is 42.1 Å². The maximum Gasteiger partial charge on any atom is 0.226 e. The van der Waals surface area contributed by atoms with Crippen LogP contribution in [0.5, 0.6) is 0 Å². The third kappa shape index (κ3) is 2.35. The molecule has 0 bridgehead atoms. The van der Waals surface area contributed by atoms with E-state index in [1.165, 1.54) is 0 Å². The summed E-state index contributed by atoms with van der Waals surface area (Å²) in [5.41, 5.74) is 1.45. The van der Waals surface area contributed by atoms with Crippen molar-refractivity contribution in [2.75, 3.05) is 5.32 Å². The average molecular weight is 291 g/mol. The monoisotopic (exact) mass is 291 g/mol. The summed E-state index contributed by atoms with van der Waals surface area (Å²) in [4.78, 5) is 23.3. The Morgan fingerprint density at radius 3 is 2.45 bits per heavy atom. The van der Waals surface area contributed by atoms with Crippen molar-refractivity contribution in [3.8, 4) is 0 Å². The molecule has 0 heterocycles. The molecule has 3 aromatic carbocycles. The number of nitrogens with one attached hydrogen (secondary N) is 1. The van der Waals surface area contributed by atoms with Gasteiger partial charge in [-0.1, -0.05) is 36.4 Å². The highest BCUT2D eigenvalue weighted by molar-refractivity contribution is 6.40. The van der Waals surface area contributed by atoms with E-state index in [0.717, 1.165) is 27.2 Å². The lowest BCUT2D eigenvalue weighted by molar-refractivity contribution is -0.104. The molecule has 3 nitrogen and oxygen atoms in total. The summed E-state index contributed by atoms with van der Waals surface area (Å²) in [7, 11) is 0. The molecule has 0 atom stereocenters. The van der Waals surface area contributed by atoms with Gasteiger partial charge in [0.1, 0.15) is 0 Å². The minimum Gasteiger partial charge on any atom is -0.382 e. The number of hydrogen-bond donors (Lipinski definition) is 1. The summed E-state index contributed by atoms with van der Waals surface area (Å²) in [6.07, 6.45) is 0.393. The summed E-state index contributed by atoms with van der Waals surface area (Å²) in [5, 5.41) is 6.93. The van der Waals surface area contributed by atoms with Gasteiger partial charge in [-0.2, -0.15) is 0 Å². The number of hydrogen-bond acceptors (Lipinski definition) is 3. The van der Waals surface area contributed by atoms with Gasteiger partial charge in [0.2, 0.25) is 5.78 Å². The Kier molecular flexibility index (Phi) is 3.63. The normalized spacial score (nSPS) is 11.0. The molecule has 0 radical (unpaired) electrons. The van der Waals surface area contributed by atoms with Gasteiger partial charge in [0.05, 0.1) is 0 Å². The Morgan fingerprint density at radius 1 is 1.00 bits per heavy atom. The second-order valence-electron chi connectivity index (χ2n) is 5.65. The van der Waals surface area contributed by atoms with Gasteiger partial charge in [0.15, 0.2) is 6.29 Å². The lowest BCUT2D eigenvalue weighted by Gasteiger charge is -2.15. The maximum atomic E-state index is 12.2. The van der Waals surface area contributed by atoms with Crippen molar-refractivity contribution in [2.45, 2.75) is 19.9 Å². The quantitative estimate of drug-likeness (QED) is 0.339. The highest BCUT2D eigenvalue weighted by Gasteiger charge is 2.15. The van der Waals surface area contributed by atoms with Crippen molar-refractivity contribution in [1.82, 2.24) is 0 Å². The Bertz CT molecular complexity index is 881. The molecule has 22 heavy (non-hydrogen) atoms. The van der Waals surface area contributed by atoms with Gasteiger partial charge < -0.3 is 5.32 Å². The molecular formula is C19H17NO2. The number of Topliss-reactive ketones (excluding diaryl/α,β-unsaturated/α-hetero) is 1. The highest BCUT2D eigenvalue weighted by atomic mass is 16.2. The number of benzene rings is 3. The summed E-state index contributed by atoms with van der Waals surface area (Å²) in [6, 6.07) is 15.8. The molecule has 1 N–H and O–H groups in total. The number of fused-ring (bicyclic) bond motifs is 2. The van der Waals surface area contributed by atoms with Crippen LogP contribution in [0.25, 0.3) is 21.5 Å². The molecule has 0 amide bonds. The minimum atomic E-state index is -0.483. The Morgan fingerprint density at radius 2 is 1.73 bits per heavy atom. The Labute approximate surface area is 128 Å². The number of rotatable bonds is 4. The largest absolute Gasteiger partial charge is 0.382 e. The van der Waals surface area contributed by atoms with E-state index in [1.54, 1.807) is 0 Å². The molecule has 0 saturated carbocycles. The van der Waals surface area contributed by atoms with Crippen LogP contribution in [0.3, 0.4) is 0 Å². The number of carbonyl (C=O) groups excluding carboxylic acids is 2. The third-order valence-electron chi connectivity index (χ3n) is 3.70. The van der Waals surface area contributed by atoms with Gasteiger partial charge in [-0.15, -0.1) is 0 Å². The van der Waals surface area contributed by atoms with Crippen LogP contribution in [0.2, 0.25) is 0 Å². The molecule has 0 spiro atoms. The summed E-state index contributed by atoms with van der Waals surface area (Å²) >= 11 is 0. The van der Waals surface area contributed by atoms with Gasteiger partial charge in [0, 0.05) is 22.7 Å². The van der Waals surface area contributed by atoms with Crippen LogP contribution in [0.1, 0.15) is 24.2 Å². The van der Waals surface area contributed by atoms with Crippen molar-refractivity contribution in [1.29, 1.82) is 0 Å². The van der Waals surface area contributed by atoms with Crippen molar-refractivity contribution < 1.29 is 9.59 Å². The summed E-state index contributed by atoms with van der Waals surface area (Å²) in [5.74, 6) is -0.483. The second kappa shape index (κ2) is 5.60. The van der Waals surface area contributed by atoms with E-state index in [-0.39, 0.29) is 6.04 Å².